The van der Waals surface area contributed by atoms with Crippen molar-refractivity contribution in [2.75, 3.05) is 0 Å². The van der Waals surface area contributed by atoms with Crippen molar-refractivity contribution in [3.05, 3.63) is 70.7 Å². The van der Waals surface area contributed by atoms with Gasteiger partial charge in [-0.05, 0) is 79.9 Å². The van der Waals surface area contributed by atoms with Gasteiger partial charge in [-0.15, -0.1) is 0 Å². The number of hydrogen-bond donors (Lipinski definition) is 1. The first-order chi connectivity index (χ1) is 13.1. The third-order valence-electron chi connectivity index (χ3n) is 6.44. The van der Waals surface area contributed by atoms with Crippen LogP contribution in [0.15, 0.2) is 54.6 Å². The summed E-state index contributed by atoms with van der Waals surface area (Å²) < 4.78 is 6.16. The molecule has 2 aliphatic rings. The fourth-order valence-electron chi connectivity index (χ4n) is 4.62. The van der Waals surface area contributed by atoms with Crippen LogP contribution in [0, 0.1) is 5.41 Å². The third kappa shape index (κ3) is 4.30. The average molecular weight is 400 g/mol. The predicted molar refractivity (Wildman–Crippen MR) is 115 cm³/mol. The standard InChI is InChI=1S/C23H26ClNOS/c24-20-8-6-17(7-9-20)16-25-22(27)26-21-12-15-23(21)13-10-19(11-14-23)18-4-2-1-3-5-18/h1-9,19,21H,10-16H2,(H,25,27)/t19?,21-,23?/m0/s1. The monoisotopic (exact) mass is 399 g/mol. The summed E-state index contributed by atoms with van der Waals surface area (Å²) in [7, 11) is 0. The fraction of sp³-hybridized carbons (Fsp3) is 0.435. The van der Waals surface area contributed by atoms with Gasteiger partial charge in [0.1, 0.15) is 6.10 Å². The highest BCUT2D eigenvalue weighted by molar-refractivity contribution is 7.80. The minimum Gasteiger partial charge on any atom is -0.467 e. The Balaban J connectivity index is 1.27. The minimum atomic E-state index is 0.277. The third-order valence-corrected chi connectivity index (χ3v) is 6.93. The minimum absolute atomic E-state index is 0.277. The maximum atomic E-state index is 6.16. The lowest BCUT2D eigenvalue weighted by molar-refractivity contribution is -0.0809. The molecule has 27 heavy (non-hydrogen) atoms. The van der Waals surface area contributed by atoms with Crippen LogP contribution in [0.2, 0.25) is 5.02 Å². The molecule has 4 rings (SSSR count). The number of halogens is 1. The Bertz CT molecular complexity index is 769. The van der Waals surface area contributed by atoms with Crippen molar-refractivity contribution >= 4 is 29.0 Å². The van der Waals surface area contributed by atoms with Crippen molar-refractivity contribution < 1.29 is 4.74 Å². The van der Waals surface area contributed by atoms with Crippen LogP contribution in [0.1, 0.15) is 55.6 Å². The van der Waals surface area contributed by atoms with E-state index < -0.39 is 0 Å². The normalized spacial score (nSPS) is 27.0. The Morgan fingerprint density at radius 1 is 1.00 bits per heavy atom. The molecule has 1 N–H and O–H groups in total. The molecule has 0 saturated heterocycles. The highest BCUT2D eigenvalue weighted by atomic mass is 35.5. The van der Waals surface area contributed by atoms with E-state index in [9.17, 15) is 0 Å². The molecule has 4 heteroatoms. The average Bonchev–Trinajstić information content (AvgIpc) is 2.71. The smallest absolute Gasteiger partial charge is 0.257 e. The first-order valence-electron chi connectivity index (χ1n) is 9.88. The highest BCUT2D eigenvalue weighted by Gasteiger charge is 2.50. The van der Waals surface area contributed by atoms with Crippen molar-refractivity contribution in [2.24, 2.45) is 5.41 Å². The molecule has 2 aromatic carbocycles. The largest absolute Gasteiger partial charge is 0.467 e. The van der Waals surface area contributed by atoms with Gasteiger partial charge in [0.15, 0.2) is 0 Å². The summed E-state index contributed by atoms with van der Waals surface area (Å²) in [6.07, 6.45) is 7.69. The summed E-state index contributed by atoms with van der Waals surface area (Å²) in [4.78, 5) is 0. The van der Waals surface area contributed by atoms with Crippen molar-refractivity contribution in [1.29, 1.82) is 0 Å². The fourth-order valence-corrected chi connectivity index (χ4v) is 4.94. The van der Waals surface area contributed by atoms with E-state index in [0.717, 1.165) is 17.0 Å². The molecule has 2 saturated carbocycles. The number of rotatable bonds is 4. The van der Waals surface area contributed by atoms with E-state index in [0.29, 0.717) is 23.1 Å². The molecule has 2 aromatic rings. The Morgan fingerprint density at radius 3 is 2.30 bits per heavy atom. The summed E-state index contributed by atoms with van der Waals surface area (Å²) in [6.45, 7) is 0.672. The first kappa shape index (κ1) is 18.8. The molecular formula is C23H26ClNOS. The van der Waals surface area contributed by atoms with Crippen LogP contribution >= 0.6 is 23.8 Å². The molecule has 2 fully saturated rings. The zero-order valence-electron chi connectivity index (χ0n) is 15.5. The molecular weight excluding hydrogens is 374 g/mol. The van der Waals surface area contributed by atoms with E-state index >= 15 is 0 Å². The van der Waals surface area contributed by atoms with E-state index in [4.69, 9.17) is 28.6 Å². The van der Waals surface area contributed by atoms with Crippen molar-refractivity contribution in [3.63, 3.8) is 0 Å². The molecule has 0 radical (unpaired) electrons. The Kier molecular flexibility index (Phi) is 5.70. The Labute approximate surface area is 172 Å². The molecule has 0 bridgehead atoms. The summed E-state index contributed by atoms with van der Waals surface area (Å²) in [5.74, 6) is 0.702. The maximum Gasteiger partial charge on any atom is 0.257 e. The summed E-state index contributed by atoms with van der Waals surface area (Å²) in [6, 6.07) is 18.8. The van der Waals surface area contributed by atoms with Gasteiger partial charge in [-0.1, -0.05) is 54.1 Å². The predicted octanol–water partition coefficient (Wildman–Crippen LogP) is 6.24. The molecule has 142 valence electrons. The van der Waals surface area contributed by atoms with Gasteiger partial charge in [-0.2, -0.15) is 0 Å². The van der Waals surface area contributed by atoms with Crippen LogP contribution in [0.25, 0.3) is 0 Å². The van der Waals surface area contributed by atoms with Crippen LogP contribution in [-0.2, 0) is 11.3 Å². The second-order valence-corrected chi connectivity index (χ2v) is 8.77. The quantitative estimate of drug-likeness (QED) is 0.615. The highest BCUT2D eigenvalue weighted by Crippen LogP contribution is 2.55. The molecule has 2 aliphatic carbocycles. The zero-order valence-corrected chi connectivity index (χ0v) is 17.1. The zero-order chi connectivity index (χ0) is 18.7. The number of thiocarbonyl (C=S) groups is 1. The number of benzene rings is 2. The lowest BCUT2D eigenvalue weighted by atomic mass is 9.56. The number of nitrogens with one attached hydrogen (secondary N) is 1. The van der Waals surface area contributed by atoms with Crippen LogP contribution in [0.5, 0.6) is 0 Å². The topological polar surface area (TPSA) is 21.3 Å². The second-order valence-electron chi connectivity index (χ2n) is 7.96. The first-order valence-corrected chi connectivity index (χ1v) is 10.7. The van der Waals surface area contributed by atoms with E-state index in [-0.39, 0.29) is 6.10 Å². The molecule has 1 atom stereocenters. The summed E-state index contributed by atoms with van der Waals surface area (Å²) >= 11 is 11.4. The number of hydrogen-bond acceptors (Lipinski definition) is 2. The van der Waals surface area contributed by atoms with Gasteiger partial charge in [0.25, 0.3) is 5.17 Å². The second kappa shape index (κ2) is 8.20. The van der Waals surface area contributed by atoms with Gasteiger partial charge >= 0.3 is 0 Å². The molecule has 1 spiro atoms. The lowest BCUT2D eigenvalue weighted by Crippen LogP contribution is -2.50. The van der Waals surface area contributed by atoms with Gasteiger partial charge in [-0.3, -0.25) is 0 Å². The molecule has 2 nitrogen and oxygen atoms in total. The van der Waals surface area contributed by atoms with Gasteiger partial charge in [-0.25, -0.2) is 0 Å². The van der Waals surface area contributed by atoms with Gasteiger partial charge in [0, 0.05) is 17.0 Å². The molecule has 0 aliphatic heterocycles. The molecule has 0 amide bonds. The van der Waals surface area contributed by atoms with E-state index in [1.165, 1.54) is 37.7 Å². The summed E-state index contributed by atoms with van der Waals surface area (Å²) in [5.41, 5.74) is 2.98. The molecule has 0 unspecified atom stereocenters. The van der Waals surface area contributed by atoms with Crippen LogP contribution in [-0.4, -0.2) is 11.3 Å². The number of ether oxygens (including phenoxy) is 1. The summed E-state index contributed by atoms with van der Waals surface area (Å²) in [5, 5.41) is 4.52. The van der Waals surface area contributed by atoms with Crippen molar-refractivity contribution in [2.45, 2.75) is 57.1 Å². The van der Waals surface area contributed by atoms with Crippen molar-refractivity contribution in [1.82, 2.24) is 5.32 Å². The van der Waals surface area contributed by atoms with Crippen molar-refractivity contribution in [3.8, 4) is 0 Å². The SMILES string of the molecule is S=C(NCc1ccc(Cl)cc1)O[C@H]1CCC12CCC(c1ccccc1)CC2. The van der Waals surface area contributed by atoms with E-state index in [2.05, 4.69) is 35.6 Å². The van der Waals surface area contributed by atoms with Crippen LogP contribution in [0.4, 0.5) is 0 Å². The van der Waals surface area contributed by atoms with E-state index in [1.807, 2.05) is 24.3 Å². The molecule has 0 aromatic heterocycles. The Morgan fingerprint density at radius 2 is 1.67 bits per heavy atom. The van der Waals surface area contributed by atoms with Crippen LogP contribution in [0.3, 0.4) is 0 Å². The maximum absolute atomic E-state index is 6.16. The van der Waals surface area contributed by atoms with Gasteiger partial charge in [0.2, 0.25) is 0 Å². The Hall–Kier alpha value is -1.58. The lowest BCUT2D eigenvalue weighted by Gasteiger charge is -2.52. The van der Waals surface area contributed by atoms with Gasteiger partial charge < -0.3 is 10.1 Å². The van der Waals surface area contributed by atoms with Crippen LogP contribution < -0.4 is 5.32 Å². The molecule has 0 heterocycles. The van der Waals surface area contributed by atoms with Gasteiger partial charge in [0.05, 0.1) is 0 Å². The van der Waals surface area contributed by atoms with E-state index in [1.54, 1.807) is 0 Å².